The topological polar surface area (TPSA) is 33.1 Å². The van der Waals surface area contributed by atoms with Crippen molar-refractivity contribution in [3.05, 3.63) is 12.4 Å². The van der Waals surface area contributed by atoms with Crippen LogP contribution in [0.15, 0.2) is 12.4 Å². The van der Waals surface area contributed by atoms with Crippen LogP contribution in [0.1, 0.15) is 31.7 Å². The minimum Gasteiger partial charge on any atom is -0.380 e. The molecule has 2 fully saturated rings. The van der Waals surface area contributed by atoms with Gasteiger partial charge in [0.1, 0.15) is 0 Å². The van der Waals surface area contributed by atoms with Gasteiger partial charge in [-0.3, -0.25) is 4.68 Å². The Morgan fingerprint density at radius 2 is 2.00 bits per heavy atom. The highest BCUT2D eigenvalue weighted by Crippen LogP contribution is 2.34. The van der Waals surface area contributed by atoms with E-state index in [4.69, 9.17) is 0 Å². The molecule has 0 amide bonds. The van der Waals surface area contributed by atoms with Crippen molar-refractivity contribution < 1.29 is 0 Å². The first-order chi connectivity index (χ1) is 7.81. The van der Waals surface area contributed by atoms with E-state index in [9.17, 15) is 0 Å². The van der Waals surface area contributed by atoms with Crippen molar-refractivity contribution in [3.8, 4) is 0 Å². The molecule has 1 N–H and O–H groups in total. The average Bonchev–Trinajstić information content (AvgIpc) is 3.04. The number of hydrogen-bond donors (Lipinski definition) is 1. The molecule has 0 spiro atoms. The first-order valence-corrected chi connectivity index (χ1v) is 6.30. The van der Waals surface area contributed by atoms with Crippen molar-refractivity contribution >= 4 is 5.69 Å². The van der Waals surface area contributed by atoms with Crippen molar-refractivity contribution in [2.24, 2.45) is 0 Å². The lowest BCUT2D eigenvalue weighted by Gasteiger charge is -2.29. The zero-order valence-electron chi connectivity index (χ0n) is 9.89. The fourth-order valence-corrected chi connectivity index (χ4v) is 2.34. The van der Waals surface area contributed by atoms with E-state index in [1.54, 1.807) is 0 Å². The van der Waals surface area contributed by atoms with E-state index in [1.807, 2.05) is 6.20 Å². The molecule has 1 aliphatic heterocycles. The molecule has 4 heteroatoms. The summed E-state index contributed by atoms with van der Waals surface area (Å²) in [5.41, 5.74) is 1.20. The zero-order chi connectivity index (χ0) is 11.0. The molecule has 0 radical (unpaired) electrons. The molecule has 2 heterocycles. The minimum atomic E-state index is 0.632. The van der Waals surface area contributed by atoms with Gasteiger partial charge in [0.2, 0.25) is 0 Å². The Morgan fingerprint density at radius 1 is 1.25 bits per heavy atom. The molecule has 1 aromatic rings. The van der Waals surface area contributed by atoms with Gasteiger partial charge in [0.15, 0.2) is 0 Å². The second-order valence-corrected chi connectivity index (χ2v) is 5.16. The summed E-state index contributed by atoms with van der Waals surface area (Å²) in [6.07, 6.45) is 9.22. The van der Waals surface area contributed by atoms with Crippen LogP contribution in [0.4, 0.5) is 5.69 Å². The molecule has 0 unspecified atom stereocenters. The van der Waals surface area contributed by atoms with Crippen LogP contribution >= 0.6 is 0 Å². The quantitative estimate of drug-likeness (QED) is 0.842. The summed E-state index contributed by atoms with van der Waals surface area (Å²) < 4.78 is 2.11. The first kappa shape index (κ1) is 10.1. The maximum absolute atomic E-state index is 4.40. The number of hydrogen-bond acceptors (Lipinski definition) is 3. The van der Waals surface area contributed by atoms with Gasteiger partial charge in [0.05, 0.1) is 17.9 Å². The van der Waals surface area contributed by atoms with E-state index in [0.717, 1.165) is 0 Å². The smallest absolute Gasteiger partial charge is 0.0728 e. The number of likely N-dealkylation sites (tertiary alicyclic amines) is 1. The molecule has 1 saturated heterocycles. The van der Waals surface area contributed by atoms with Crippen LogP contribution in [-0.4, -0.2) is 40.9 Å². The standard InChI is InChI=1S/C12H20N4/c1-15-6-4-10(5-7-15)14-11-8-13-16(9-11)12-2-3-12/h8-10,12,14H,2-7H2,1H3. The molecule has 1 aliphatic carbocycles. The number of nitrogens with zero attached hydrogens (tertiary/aromatic N) is 3. The fourth-order valence-electron chi connectivity index (χ4n) is 2.34. The Hall–Kier alpha value is -1.03. The van der Waals surface area contributed by atoms with Crippen LogP contribution in [0.25, 0.3) is 0 Å². The third kappa shape index (κ3) is 2.21. The zero-order valence-corrected chi connectivity index (χ0v) is 9.89. The SMILES string of the molecule is CN1CCC(Nc2cnn(C3CC3)c2)CC1. The van der Waals surface area contributed by atoms with Gasteiger partial charge in [-0.25, -0.2) is 0 Å². The highest BCUT2D eigenvalue weighted by atomic mass is 15.3. The van der Waals surface area contributed by atoms with Gasteiger partial charge in [0.25, 0.3) is 0 Å². The molecule has 0 atom stereocenters. The van der Waals surface area contributed by atoms with Crippen molar-refractivity contribution in [2.75, 3.05) is 25.5 Å². The van der Waals surface area contributed by atoms with Gasteiger partial charge in [-0.15, -0.1) is 0 Å². The van der Waals surface area contributed by atoms with Gasteiger partial charge in [-0.05, 0) is 45.8 Å². The third-order valence-corrected chi connectivity index (χ3v) is 3.61. The minimum absolute atomic E-state index is 0.632. The molecule has 88 valence electrons. The highest BCUT2D eigenvalue weighted by Gasteiger charge is 2.24. The van der Waals surface area contributed by atoms with E-state index in [-0.39, 0.29) is 0 Å². The van der Waals surface area contributed by atoms with E-state index in [1.165, 1.54) is 44.5 Å². The molecule has 1 aromatic heterocycles. The van der Waals surface area contributed by atoms with Crippen molar-refractivity contribution in [3.63, 3.8) is 0 Å². The van der Waals surface area contributed by atoms with Crippen LogP contribution < -0.4 is 5.32 Å². The maximum Gasteiger partial charge on any atom is 0.0728 e. The monoisotopic (exact) mass is 220 g/mol. The summed E-state index contributed by atoms with van der Waals surface area (Å²) in [7, 11) is 2.20. The van der Waals surface area contributed by atoms with Crippen molar-refractivity contribution in [1.82, 2.24) is 14.7 Å². The number of piperidine rings is 1. The predicted octanol–water partition coefficient (Wildman–Crippen LogP) is 1.72. The van der Waals surface area contributed by atoms with E-state index in [0.29, 0.717) is 12.1 Å². The van der Waals surface area contributed by atoms with Crippen molar-refractivity contribution in [2.45, 2.75) is 37.8 Å². The largest absolute Gasteiger partial charge is 0.380 e. The Balaban J connectivity index is 1.56. The Labute approximate surface area is 96.6 Å². The second-order valence-electron chi connectivity index (χ2n) is 5.16. The summed E-state index contributed by atoms with van der Waals surface area (Å²) in [5.74, 6) is 0. The average molecular weight is 220 g/mol. The molecule has 0 bridgehead atoms. The molecular weight excluding hydrogens is 200 g/mol. The number of anilines is 1. The van der Waals surface area contributed by atoms with E-state index >= 15 is 0 Å². The molecule has 2 aliphatic rings. The molecular formula is C12H20N4. The van der Waals surface area contributed by atoms with E-state index < -0.39 is 0 Å². The highest BCUT2D eigenvalue weighted by molar-refractivity contribution is 5.39. The van der Waals surface area contributed by atoms with Crippen LogP contribution in [0, 0.1) is 0 Å². The van der Waals surface area contributed by atoms with Gasteiger partial charge >= 0.3 is 0 Å². The van der Waals surface area contributed by atoms with Crippen LogP contribution in [0.3, 0.4) is 0 Å². The molecule has 16 heavy (non-hydrogen) atoms. The lowest BCUT2D eigenvalue weighted by molar-refractivity contribution is 0.264. The Kier molecular flexibility index (Phi) is 2.59. The van der Waals surface area contributed by atoms with Crippen LogP contribution in [-0.2, 0) is 0 Å². The molecule has 3 rings (SSSR count). The third-order valence-electron chi connectivity index (χ3n) is 3.61. The summed E-state index contributed by atoms with van der Waals surface area (Å²) in [6.45, 7) is 2.41. The van der Waals surface area contributed by atoms with Crippen LogP contribution in [0.2, 0.25) is 0 Å². The first-order valence-electron chi connectivity index (χ1n) is 6.30. The lowest BCUT2D eigenvalue weighted by Crippen LogP contribution is -2.36. The predicted molar refractivity (Wildman–Crippen MR) is 64.6 cm³/mol. The normalized spacial score (nSPS) is 23.6. The number of nitrogens with one attached hydrogen (secondary N) is 1. The Morgan fingerprint density at radius 3 is 2.69 bits per heavy atom. The molecule has 4 nitrogen and oxygen atoms in total. The number of aromatic nitrogens is 2. The number of rotatable bonds is 3. The second kappa shape index (κ2) is 4.09. The van der Waals surface area contributed by atoms with E-state index in [2.05, 4.69) is 33.2 Å². The molecule has 1 saturated carbocycles. The Bertz CT molecular complexity index is 348. The maximum atomic E-state index is 4.40. The fraction of sp³-hybridized carbons (Fsp3) is 0.750. The van der Waals surface area contributed by atoms with Gasteiger partial charge in [0, 0.05) is 12.2 Å². The summed E-state index contributed by atoms with van der Waals surface area (Å²) in [5, 5.41) is 8.00. The molecule has 0 aromatic carbocycles. The lowest BCUT2D eigenvalue weighted by atomic mass is 10.1. The van der Waals surface area contributed by atoms with Crippen LogP contribution in [0.5, 0.6) is 0 Å². The van der Waals surface area contributed by atoms with Gasteiger partial charge in [-0.2, -0.15) is 5.10 Å². The van der Waals surface area contributed by atoms with Gasteiger partial charge in [-0.1, -0.05) is 0 Å². The van der Waals surface area contributed by atoms with Crippen molar-refractivity contribution in [1.29, 1.82) is 0 Å². The summed E-state index contributed by atoms with van der Waals surface area (Å²) in [4.78, 5) is 2.39. The van der Waals surface area contributed by atoms with Gasteiger partial charge < -0.3 is 10.2 Å². The summed E-state index contributed by atoms with van der Waals surface area (Å²) >= 11 is 0. The summed E-state index contributed by atoms with van der Waals surface area (Å²) in [6, 6.07) is 1.32.